The van der Waals surface area contributed by atoms with Crippen LogP contribution in [0.5, 0.6) is 5.75 Å². The summed E-state index contributed by atoms with van der Waals surface area (Å²) in [6, 6.07) is 11.2. The number of nitrogens with one attached hydrogen (secondary N) is 1. The van der Waals surface area contributed by atoms with Gasteiger partial charge in [-0.1, -0.05) is 17.7 Å². The first-order chi connectivity index (χ1) is 10.1. The fourth-order valence-corrected chi connectivity index (χ4v) is 1.91. The number of carbonyl (C=O) groups is 1. The molecule has 0 aliphatic carbocycles. The Morgan fingerprint density at radius 3 is 2.57 bits per heavy atom. The number of carbonyl (C=O) groups excluding carboxylic acids is 1. The summed E-state index contributed by atoms with van der Waals surface area (Å²) in [5.74, 6) is -0.155. The summed E-state index contributed by atoms with van der Waals surface area (Å²) in [7, 11) is 1.56. The summed E-state index contributed by atoms with van der Waals surface area (Å²) in [6.45, 7) is 0. The summed E-state index contributed by atoms with van der Waals surface area (Å²) < 4.78 is 18.6. The van der Waals surface area contributed by atoms with Gasteiger partial charge in [0.2, 0.25) is 5.91 Å². The second-order valence-electron chi connectivity index (χ2n) is 4.19. The highest BCUT2D eigenvalue weighted by atomic mass is 35.5. The number of methoxy groups -OCH3 is 1. The van der Waals surface area contributed by atoms with Gasteiger partial charge in [-0.25, -0.2) is 4.39 Å². The molecule has 0 aromatic heterocycles. The van der Waals surface area contributed by atoms with E-state index < -0.39 is 5.82 Å². The first-order valence-electron chi connectivity index (χ1n) is 6.17. The highest BCUT2D eigenvalue weighted by molar-refractivity contribution is 6.32. The highest BCUT2D eigenvalue weighted by Crippen LogP contribution is 2.20. The molecule has 2 aromatic rings. The summed E-state index contributed by atoms with van der Waals surface area (Å²) in [5, 5.41) is 2.91. The maximum atomic E-state index is 13.5. The molecule has 2 aromatic carbocycles. The Morgan fingerprint density at radius 2 is 1.95 bits per heavy atom. The summed E-state index contributed by atoms with van der Waals surface area (Å²) in [6.07, 6.45) is 2.57. The van der Waals surface area contributed by atoms with E-state index in [-0.39, 0.29) is 16.5 Å². The number of amides is 1. The Kier molecular flexibility index (Phi) is 4.95. The van der Waals surface area contributed by atoms with Crippen molar-refractivity contribution in [3.05, 3.63) is 64.9 Å². The van der Waals surface area contributed by atoms with Crippen molar-refractivity contribution >= 4 is 29.3 Å². The molecule has 3 nitrogen and oxygen atoms in total. The van der Waals surface area contributed by atoms with E-state index in [0.717, 1.165) is 0 Å². The monoisotopic (exact) mass is 305 g/mol. The average molecular weight is 306 g/mol. The Balaban J connectivity index is 2.05. The van der Waals surface area contributed by atoms with E-state index in [0.29, 0.717) is 11.4 Å². The van der Waals surface area contributed by atoms with Gasteiger partial charge in [-0.15, -0.1) is 0 Å². The molecule has 108 valence electrons. The van der Waals surface area contributed by atoms with Crippen molar-refractivity contribution in [2.24, 2.45) is 0 Å². The van der Waals surface area contributed by atoms with Crippen LogP contribution in [0.15, 0.2) is 48.5 Å². The van der Waals surface area contributed by atoms with Gasteiger partial charge in [0.05, 0.1) is 12.1 Å². The van der Waals surface area contributed by atoms with Gasteiger partial charge in [-0.2, -0.15) is 0 Å². The van der Waals surface area contributed by atoms with Gasteiger partial charge in [0.1, 0.15) is 11.6 Å². The lowest BCUT2D eigenvalue weighted by Gasteiger charge is -2.04. The molecule has 0 heterocycles. The molecule has 21 heavy (non-hydrogen) atoms. The SMILES string of the molecule is COc1ccc(NC(=O)C=Cc2c(F)cccc2Cl)cc1. The third-order valence-electron chi connectivity index (χ3n) is 2.76. The molecular weight excluding hydrogens is 293 g/mol. The standard InChI is InChI=1S/C16H13ClFNO2/c1-21-12-7-5-11(6-8-12)19-16(20)10-9-13-14(17)3-2-4-15(13)18/h2-10H,1H3,(H,19,20). The van der Waals surface area contributed by atoms with Gasteiger partial charge in [0.25, 0.3) is 0 Å². The molecule has 0 radical (unpaired) electrons. The molecular formula is C16H13ClFNO2. The molecule has 0 bridgehead atoms. The van der Waals surface area contributed by atoms with Crippen molar-refractivity contribution in [1.29, 1.82) is 0 Å². The van der Waals surface area contributed by atoms with Crippen molar-refractivity contribution in [2.45, 2.75) is 0 Å². The molecule has 0 aliphatic rings. The Morgan fingerprint density at radius 1 is 1.24 bits per heavy atom. The van der Waals surface area contributed by atoms with Crippen molar-refractivity contribution in [3.63, 3.8) is 0 Å². The normalized spacial score (nSPS) is 10.6. The minimum Gasteiger partial charge on any atom is -0.497 e. The van der Waals surface area contributed by atoms with Gasteiger partial charge in [0, 0.05) is 17.3 Å². The smallest absolute Gasteiger partial charge is 0.248 e. The molecule has 1 N–H and O–H groups in total. The van der Waals surface area contributed by atoms with Gasteiger partial charge in [-0.3, -0.25) is 4.79 Å². The lowest BCUT2D eigenvalue weighted by atomic mass is 10.2. The zero-order valence-corrected chi connectivity index (χ0v) is 12.0. The molecule has 1 amide bonds. The molecule has 2 rings (SSSR count). The first kappa shape index (κ1) is 15.1. The quantitative estimate of drug-likeness (QED) is 0.862. The van der Waals surface area contributed by atoms with Crippen LogP contribution in [0.4, 0.5) is 10.1 Å². The molecule has 0 spiro atoms. The molecule has 5 heteroatoms. The van der Waals surface area contributed by atoms with Crippen LogP contribution >= 0.6 is 11.6 Å². The number of ether oxygens (including phenoxy) is 1. The maximum absolute atomic E-state index is 13.5. The van der Waals surface area contributed by atoms with Crippen molar-refractivity contribution in [3.8, 4) is 5.75 Å². The lowest BCUT2D eigenvalue weighted by Crippen LogP contribution is -2.07. The third kappa shape index (κ3) is 4.07. The number of hydrogen-bond donors (Lipinski definition) is 1. The topological polar surface area (TPSA) is 38.3 Å². The van der Waals surface area contributed by atoms with Crippen LogP contribution in [0, 0.1) is 5.82 Å². The van der Waals surface area contributed by atoms with E-state index in [9.17, 15) is 9.18 Å². The largest absolute Gasteiger partial charge is 0.497 e. The van der Waals surface area contributed by atoms with Crippen LogP contribution in [-0.2, 0) is 4.79 Å². The van der Waals surface area contributed by atoms with E-state index in [1.54, 1.807) is 37.4 Å². The van der Waals surface area contributed by atoms with Crippen molar-refractivity contribution in [2.75, 3.05) is 12.4 Å². The number of anilines is 1. The fourth-order valence-electron chi connectivity index (χ4n) is 1.69. The van der Waals surface area contributed by atoms with E-state index in [2.05, 4.69) is 5.32 Å². The number of halogens is 2. The number of hydrogen-bond acceptors (Lipinski definition) is 2. The van der Waals surface area contributed by atoms with E-state index in [1.165, 1.54) is 24.3 Å². The zero-order valence-electron chi connectivity index (χ0n) is 11.3. The average Bonchev–Trinajstić information content (AvgIpc) is 2.47. The number of rotatable bonds is 4. The molecule has 0 saturated heterocycles. The lowest BCUT2D eigenvalue weighted by molar-refractivity contribution is -0.111. The van der Waals surface area contributed by atoms with E-state index in [1.807, 2.05) is 0 Å². The van der Waals surface area contributed by atoms with Crippen LogP contribution < -0.4 is 10.1 Å². The van der Waals surface area contributed by atoms with Crippen molar-refractivity contribution < 1.29 is 13.9 Å². The third-order valence-corrected chi connectivity index (χ3v) is 3.09. The zero-order chi connectivity index (χ0) is 15.2. The predicted octanol–water partition coefficient (Wildman–Crippen LogP) is 4.14. The van der Waals surface area contributed by atoms with Gasteiger partial charge in [-0.05, 0) is 42.5 Å². The fraction of sp³-hybridized carbons (Fsp3) is 0.0625. The minimum atomic E-state index is -0.476. The van der Waals surface area contributed by atoms with Gasteiger partial charge >= 0.3 is 0 Å². The van der Waals surface area contributed by atoms with Crippen LogP contribution in [0.2, 0.25) is 5.02 Å². The second-order valence-corrected chi connectivity index (χ2v) is 4.59. The van der Waals surface area contributed by atoms with Gasteiger partial charge in [0.15, 0.2) is 0 Å². The minimum absolute atomic E-state index is 0.184. The number of benzene rings is 2. The van der Waals surface area contributed by atoms with Crippen LogP contribution in [0.3, 0.4) is 0 Å². The van der Waals surface area contributed by atoms with Crippen LogP contribution in [0.1, 0.15) is 5.56 Å². The summed E-state index contributed by atoms with van der Waals surface area (Å²) in [4.78, 5) is 11.8. The van der Waals surface area contributed by atoms with E-state index >= 15 is 0 Å². The second kappa shape index (κ2) is 6.90. The Bertz CT molecular complexity index is 648. The summed E-state index contributed by atoms with van der Waals surface area (Å²) >= 11 is 5.87. The van der Waals surface area contributed by atoms with Crippen molar-refractivity contribution in [1.82, 2.24) is 0 Å². The molecule has 0 atom stereocenters. The van der Waals surface area contributed by atoms with Crippen LogP contribution in [0.25, 0.3) is 6.08 Å². The highest BCUT2D eigenvalue weighted by Gasteiger charge is 2.04. The Hall–Kier alpha value is -2.33. The molecule has 0 saturated carbocycles. The molecule has 0 unspecified atom stereocenters. The van der Waals surface area contributed by atoms with Crippen LogP contribution in [-0.4, -0.2) is 13.0 Å². The Labute approximate surface area is 127 Å². The molecule has 0 fully saturated rings. The molecule has 0 aliphatic heterocycles. The van der Waals surface area contributed by atoms with Gasteiger partial charge < -0.3 is 10.1 Å². The maximum Gasteiger partial charge on any atom is 0.248 e. The predicted molar refractivity (Wildman–Crippen MR) is 82.1 cm³/mol. The van der Waals surface area contributed by atoms with E-state index in [4.69, 9.17) is 16.3 Å². The first-order valence-corrected chi connectivity index (χ1v) is 6.55. The summed E-state index contributed by atoms with van der Waals surface area (Å²) in [5.41, 5.74) is 0.800.